The van der Waals surface area contributed by atoms with Gasteiger partial charge in [0.15, 0.2) is 11.0 Å². The predicted molar refractivity (Wildman–Crippen MR) is 140 cm³/mol. The molecule has 0 aliphatic heterocycles. The topological polar surface area (TPSA) is 59.8 Å². The van der Waals surface area contributed by atoms with Gasteiger partial charge in [0.25, 0.3) is 0 Å². The number of benzene rings is 3. The van der Waals surface area contributed by atoms with Gasteiger partial charge in [0.1, 0.15) is 0 Å². The molecule has 0 fully saturated rings. The lowest BCUT2D eigenvalue weighted by Crippen LogP contribution is -2.16. The highest BCUT2D eigenvalue weighted by molar-refractivity contribution is 14.1. The summed E-state index contributed by atoms with van der Waals surface area (Å²) in [7, 11) is 0. The number of aryl methyl sites for hydroxylation is 3. The molecule has 4 aromatic rings. The van der Waals surface area contributed by atoms with Gasteiger partial charge in [0, 0.05) is 20.5 Å². The van der Waals surface area contributed by atoms with Crippen molar-refractivity contribution in [1.29, 1.82) is 0 Å². The molecule has 1 N–H and O–H groups in total. The van der Waals surface area contributed by atoms with Crippen molar-refractivity contribution >= 4 is 45.9 Å². The fraction of sp³-hybridized carbons (Fsp3) is 0.160. The molecule has 1 aromatic heterocycles. The predicted octanol–water partition coefficient (Wildman–Crippen LogP) is 6.19. The monoisotopic (exact) mass is 554 g/mol. The van der Waals surface area contributed by atoms with Crippen LogP contribution in [0.4, 0.5) is 5.69 Å². The van der Waals surface area contributed by atoms with Crippen LogP contribution in [0.1, 0.15) is 16.7 Å². The van der Waals surface area contributed by atoms with Crippen LogP contribution in [0, 0.1) is 24.3 Å². The highest BCUT2D eigenvalue weighted by Gasteiger charge is 2.18. The Hall–Kier alpha value is -2.65. The minimum Gasteiger partial charge on any atom is -0.325 e. The SMILES string of the molecule is Cc1cccc(-c2nnc(SCC(=O)Nc3c(C)cc(I)cc3C)n2-c2ccccc2)c1. The van der Waals surface area contributed by atoms with E-state index in [2.05, 4.69) is 69.3 Å². The number of hydrogen-bond donors (Lipinski definition) is 1. The number of halogens is 1. The molecule has 0 aliphatic carbocycles. The van der Waals surface area contributed by atoms with E-state index in [-0.39, 0.29) is 11.7 Å². The molecule has 162 valence electrons. The van der Waals surface area contributed by atoms with Crippen LogP contribution in [-0.4, -0.2) is 26.4 Å². The highest BCUT2D eigenvalue weighted by atomic mass is 127. The zero-order valence-corrected chi connectivity index (χ0v) is 21.1. The standard InChI is InChI=1S/C25H23IN4OS/c1-16-8-7-9-19(12-16)24-28-29-25(30(24)21-10-5-4-6-11-21)32-15-22(31)27-23-17(2)13-20(26)14-18(23)3/h4-14H,15H2,1-3H3,(H,27,31). The number of rotatable bonds is 6. The lowest BCUT2D eigenvalue weighted by atomic mass is 10.1. The summed E-state index contributed by atoms with van der Waals surface area (Å²) < 4.78 is 3.17. The minimum absolute atomic E-state index is 0.0675. The molecule has 0 bridgehead atoms. The van der Waals surface area contributed by atoms with Gasteiger partial charge in [0.05, 0.1) is 5.75 Å². The van der Waals surface area contributed by atoms with Gasteiger partial charge in [-0.15, -0.1) is 10.2 Å². The van der Waals surface area contributed by atoms with Crippen LogP contribution in [-0.2, 0) is 4.79 Å². The van der Waals surface area contributed by atoms with Gasteiger partial charge < -0.3 is 5.32 Å². The first-order chi connectivity index (χ1) is 15.4. The number of para-hydroxylation sites is 1. The quantitative estimate of drug-likeness (QED) is 0.228. The third kappa shape index (κ3) is 5.05. The lowest BCUT2D eigenvalue weighted by molar-refractivity contribution is -0.113. The fourth-order valence-corrected chi connectivity index (χ4v) is 5.24. The summed E-state index contributed by atoms with van der Waals surface area (Å²) in [5.41, 5.74) is 6.09. The Morgan fingerprint density at radius 3 is 2.38 bits per heavy atom. The summed E-state index contributed by atoms with van der Waals surface area (Å²) in [5.74, 6) is 0.929. The van der Waals surface area contributed by atoms with Crippen molar-refractivity contribution in [2.24, 2.45) is 0 Å². The Kier molecular flexibility index (Phi) is 6.95. The first-order valence-corrected chi connectivity index (χ1v) is 12.3. The number of nitrogens with one attached hydrogen (secondary N) is 1. The lowest BCUT2D eigenvalue weighted by Gasteiger charge is -2.13. The summed E-state index contributed by atoms with van der Waals surface area (Å²) in [5, 5.41) is 12.6. The third-order valence-electron chi connectivity index (χ3n) is 5.02. The van der Waals surface area contributed by atoms with Gasteiger partial charge in [-0.05, 0) is 84.8 Å². The van der Waals surface area contributed by atoms with E-state index >= 15 is 0 Å². The maximum atomic E-state index is 12.8. The Labute approximate surface area is 205 Å². The van der Waals surface area contributed by atoms with Crippen LogP contribution in [0.25, 0.3) is 17.1 Å². The zero-order valence-electron chi connectivity index (χ0n) is 18.1. The van der Waals surface area contributed by atoms with E-state index in [0.717, 1.165) is 43.0 Å². The van der Waals surface area contributed by atoms with Crippen LogP contribution >= 0.6 is 34.4 Å². The molecule has 7 heteroatoms. The van der Waals surface area contributed by atoms with E-state index in [9.17, 15) is 4.79 Å². The molecule has 0 aliphatic rings. The average Bonchev–Trinajstić information content (AvgIpc) is 3.19. The van der Waals surface area contributed by atoms with Crippen molar-refractivity contribution in [2.75, 3.05) is 11.1 Å². The number of carbonyl (C=O) groups is 1. The van der Waals surface area contributed by atoms with Gasteiger partial charge in [-0.3, -0.25) is 9.36 Å². The van der Waals surface area contributed by atoms with E-state index in [1.54, 1.807) is 0 Å². The largest absolute Gasteiger partial charge is 0.325 e. The molecule has 0 atom stereocenters. The highest BCUT2D eigenvalue weighted by Crippen LogP contribution is 2.29. The summed E-state index contributed by atoms with van der Waals surface area (Å²) in [4.78, 5) is 12.8. The molecule has 0 spiro atoms. The number of amides is 1. The number of anilines is 1. The molecule has 1 heterocycles. The van der Waals surface area contributed by atoms with Crippen LogP contribution < -0.4 is 5.32 Å². The number of nitrogens with zero attached hydrogens (tertiary/aromatic N) is 3. The second-order valence-electron chi connectivity index (χ2n) is 7.60. The molecule has 5 nitrogen and oxygen atoms in total. The van der Waals surface area contributed by atoms with Gasteiger partial charge in [0.2, 0.25) is 5.91 Å². The number of aromatic nitrogens is 3. The molecular formula is C25H23IN4OS. The van der Waals surface area contributed by atoms with Crippen LogP contribution in [0.2, 0.25) is 0 Å². The molecule has 4 rings (SSSR count). The first-order valence-electron chi connectivity index (χ1n) is 10.2. The third-order valence-corrected chi connectivity index (χ3v) is 6.57. The number of hydrogen-bond acceptors (Lipinski definition) is 4. The Bertz CT molecular complexity index is 1250. The smallest absolute Gasteiger partial charge is 0.234 e. The normalized spacial score (nSPS) is 10.9. The van der Waals surface area contributed by atoms with Crippen LogP contribution in [0.5, 0.6) is 0 Å². The minimum atomic E-state index is -0.0675. The van der Waals surface area contributed by atoms with Crippen molar-refractivity contribution in [3.8, 4) is 17.1 Å². The summed E-state index contributed by atoms with van der Waals surface area (Å²) in [6.45, 7) is 6.08. The van der Waals surface area contributed by atoms with Crippen molar-refractivity contribution in [3.05, 3.63) is 87.0 Å². The molecule has 0 unspecified atom stereocenters. The van der Waals surface area contributed by atoms with Crippen molar-refractivity contribution in [2.45, 2.75) is 25.9 Å². The van der Waals surface area contributed by atoms with E-state index in [0.29, 0.717) is 5.16 Å². The van der Waals surface area contributed by atoms with Gasteiger partial charge in [-0.25, -0.2) is 0 Å². The van der Waals surface area contributed by atoms with Crippen LogP contribution in [0.3, 0.4) is 0 Å². The molecule has 1 amide bonds. The fourth-order valence-electron chi connectivity index (χ4n) is 3.56. The van der Waals surface area contributed by atoms with E-state index < -0.39 is 0 Å². The second kappa shape index (κ2) is 9.87. The van der Waals surface area contributed by atoms with Gasteiger partial charge in [-0.1, -0.05) is 53.7 Å². The number of carbonyl (C=O) groups excluding carboxylic acids is 1. The van der Waals surface area contributed by atoms with Gasteiger partial charge >= 0.3 is 0 Å². The summed E-state index contributed by atoms with van der Waals surface area (Å²) in [6, 6.07) is 22.3. The Morgan fingerprint density at radius 1 is 0.969 bits per heavy atom. The Morgan fingerprint density at radius 2 is 1.69 bits per heavy atom. The summed E-state index contributed by atoms with van der Waals surface area (Å²) in [6.07, 6.45) is 0. The zero-order chi connectivity index (χ0) is 22.7. The van der Waals surface area contributed by atoms with E-state index in [1.807, 2.05) is 60.9 Å². The van der Waals surface area contributed by atoms with Crippen LogP contribution in [0.15, 0.2) is 71.9 Å². The van der Waals surface area contributed by atoms with Crippen molar-refractivity contribution in [3.63, 3.8) is 0 Å². The molecule has 0 saturated carbocycles. The Balaban J connectivity index is 1.60. The average molecular weight is 554 g/mol. The number of thioether (sulfide) groups is 1. The van der Waals surface area contributed by atoms with Crippen molar-refractivity contribution in [1.82, 2.24) is 14.8 Å². The maximum Gasteiger partial charge on any atom is 0.234 e. The molecule has 0 saturated heterocycles. The molecule has 0 radical (unpaired) electrons. The van der Waals surface area contributed by atoms with Gasteiger partial charge in [-0.2, -0.15) is 0 Å². The second-order valence-corrected chi connectivity index (χ2v) is 9.79. The van der Waals surface area contributed by atoms with E-state index in [4.69, 9.17) is 0 Å². The maximum absolute atomic E-state index is 12.8. The first kappa shape index (κ1) is 22.5. The molecule has 3 aromatic carbocycles. The summed E-state index contributed by atoms with van der Waals surface area (Å²) >= 11 is 3.67. The van der Waals surface area contributed by atoms with E-state index in [1.165, 1.54) is 11.8 Å². The molecule has 32 heavy (non-hydrogen) atoms. The van der Waals surface area contributed by atoms with Crippen molar-refractivity contribution < 1.29 is 4.79 Å². The molecular weight excluding hydrogens is 531 g/mol.